The van der Waals surface area contributed by atoms with Crippen LogP contribution in [0.3, 0.4) is 0 Å². The monoisotopic (exact) mass is 291 g/mol. The molecule has 1 aliphatic rings. The minimum Gasteiger partial charge on any atom is -0.492 e. The van der Waals surface area contributed by atoms with Gasteiger partial charge in [0.15, 0.2) is 0 Å². The van der Waals surface area contributed by atoms with Crippen molar-refractivity contribution in [2.75, 3.05) is 26.3 Å². The van der Waals surface area contributed by atoms with Gasteiger partial charge in [0.25, 0.3) is 0 Å². The van der Waals surface area contributed by atoms with Crippen molar-refractivity contribution in [2.24, 2.45) is 5.73 Å². The molecule has 1 saturated heterocycles. The Labute approximate surface area is 126 Å². The molecule has 1 unspecified atom stereocenters. The van der Waals surface area contributed by atoms with Gasteiger partial charge in [0, 0.05) is 24.8 Å². The molecule has 5 nitrogen and oxygen atoms in total. The Bertz CT molecular complexity index is 445. The summed E-state index contributed by atoms with van der Waals surface area (Å²) in [6, 6.07) is 7.78. The lowest BCUT2D eigenvalue weighted by atomic mass is 10.00. The second kappa shape index (κ2) is 8.00. The van der Waals surface area contributed by atoms with E-state index in [0.29, 0.717) is 18.2 Å². The summed E-state index contributed by atoms with van der Waals surface area (Å²) in [4.78, 5) is 2.42. The van der Waals surface area contributed by atoms with Gasteiger partial charge in [-0.1, -0.05) is 6.42 Å². The number of nitrogen functional groups attached to an aromatic ring is 1. The molecule has 1 fully saturated rings. The maximum Gasteiger partial charge on any atom is 0.122 e. The van der Waals surface area contributed by atoms with E-state index in [1.165, 1.54) is 19.3 Å². The highest BCUT2D eigenvalue weighted by atomic mass is 16.5. The van der Waals surface area contributed by atoms with Gasteiger partial charge in [-0.2, -0.15) is 0 Å². The van der Waals surface area contributed by atoms with Crippen LogP contribution in [-0.4, -0.2) is 48.2 Å². The maximum absolute atomic E-state index is 9.13. The lowest BCUT2D eigenvalue weighted by Gasteiger charge is -2.35. The Balaban J connectivity index is 1.78. The molecule has 0 amide bonds. The molecule has 1 aromatic carbocycles. The zero-order valence-electron chi connectivity index (χ0n) is 12.4. The normalized spacial score (nSPS) is 19.4. The number of benzene rings is 1. The molecule has 0 spiro atoms. The van der Waals surface area contributed by atoms with Crippen LogP contribution in [0.2, 0.25) is 0 Å². The first kappa shape index (κ1) is 15.8. The van der Waals surface area contributed by atoms with Crippen molar-refractivity contribution in [3.63, 3.8) is 0 Å². The van der Waals surface area contributed by atoms with Crippen molar-refractivity contribution >= 4 is 5.84 Å². The first-order valence-corrected chi connectivity index (χ1v) is 7.63. The van der Waals surface area contributed by atoms with Gasteiger partial charge in [0.1, 0.15) is 18.2 Å². The van der Waals surface area contributed by atoms with Crippen LogP contribution < -0.4 is 10.5 Å². The van der Waals surface area contributed by atoms with Gasteiger partial charge in [0.2, 0.25) is 0 Å². The lowest BCUT2D eigenvalue weighted by Crippen LogP contribution is -2.42. The summed E-state index contributed by atoms with van der Waals surface area (Å²) in [5.74, 6) is 0.873. The molecule has 0 aromatic heterocycles. The fourth-order valence-corrected chi connectivity index (χ4v) is 2.84. The summed E-state index contributed by atoms with van der Waals surface area (Å²) in [6.45, 7) is 2.88. The molecular formula is C16H25N3O2. The van der Waals surface area contributed by atoms with E-state index in [2.05, 4.69) is 4.90 Å². The second-order valence-corrected chi connectivity index (χ2v) is 5.48. The van der Waals surface area contributed by atoms with Crippen LogP contribution in [0.15, 0.2) is 24.3 Å². The van der Waals surface area contributed by atoms with E-state index in [4.69, 9.17) is 21.0 Å². The van der Waals surface area contributed by atoms with Crippen LogP contribution >= 0.6 is 0 Å². The van der Waals surface area contributed by atoms with Crippen LogP contribution in [0.1, 0.15) is 31.2 Å². The third kappa shape index (κ3) is 4.72. The molecule has 21 heavy (non-hydrogen) atoms. The van der Waals surface area contributed by atoms with Crippen LogP contribution in [0.5, 0.6) is 5.75 Å². The largest absolute Gasteiger partial charge is 0.492 e. The minimum absolute atomic E-state index is 0.0710. The van der Waals surface area contributed by atoms with Gasteiger partial charge in [-0.3, -0.25) is 10.3 Å². The summed E-state index contributed by atoms with van der Waals surface area (Å²) in [5, 5.41) is 16.5. The number of rotatable bonds is 7. The molecule has 116 valence electrons. The molecule has 0 radical (unpaired) electrons. The zero-order valence-corrected chi connectivity index (χ0v) is 12.4. The zero-order chi connectivity index (χ0) is 15.1. The molecule has 1 heterocycles. The van der Waals surface area contributed by atoms with Crippen molar-refractivity contribution in [3.05, 3.63) is 29.8 Å². The summed E-state index contributed by atoms with van der Waals surface area (Å²) in [6.07, 6.45) is 4.52. The Morgan fingerprint density at radius 2 is 2.10 bits per heavy atom. The van der Waals surface area contributed by atoms with E-state index < -0.39 is 0 Å². The third-order valence-electron chi connectivity index (χ3n) is 4.02. The standard InChI is InChI=1S/C16H25N3O2/c17-16(18)13-4-6-15(7-5-13)21-12-10-19-9-2-1-3-14(19)8-11-20/h4-7,14,20H,1-3,8-12H2,(H3,17,18). The summed E-state index contributed by atoms with van der Waals surface area (Å²) in [5.41, 5.74) is 6.13. The number of likely N-dealkylation sites (tertiary alicyclic amines) is 1. The van der Waals surface area contributed by atoms with Crippen molar-refractivity contribution in [1.82, 2.24) is 4.90 Å². The molecule has 5 heteroatoms. The number of ether oxygens (including phenoxy) is 1. The van der Waals surface area contributed by atoms with E-state index in [1.807, 2.05) is 12.1 Å². The average Bonchev–Trinajstić information content (AvgIpc) is 2.50. The number of nitrogens with zero attached hydrogens (tertiary/aromatic N) is 1. The van der Waals surface area contributed by atoms with E-state index >= 15 is 0 Å². The van der Waals surface area contributed by atoms with E-state index in [9.17, 15) is 0 Å². The molecule has 0 saturated carbocycles. The van der Waals surface area contributed by atoms with E-state index in [0.717, 1.165) is 25.3 Å². The van der Waals surface area contributed by atoms with E-state index in [-0.39, 0.29) is 12.4 Å². The highest BCUT2D eigenvalue weighted by Crippen LogP contribution is 2.19. The Morgan fingerprint density at radius 1 is 1.33 bits per heavy atom. The molecule has 4 N–H and O–H groups in total. The third-order valence-corrected chi connectivity index (χ3v) is 4.02. The molecule has 0 aliphatic carbocycles. The maximum atomic E-state index is 9.13. The predicted molar refractivity (Wildman–Crippen MR) is 83.9 cm³/mol. The Hall–Kier alpha value is -1.59. The topological polar surface area (TPSA) is 82.6 Å². The highest BCUT2D eigenvalue weighted by molar-refractivity contribution is 5.94. The lowest BCUT2D eigenvalue weighted by molar-refractivity contribution is 0.102. The number of piperidine rings is 1. The quantitative estimate of drug-likeness (QED) is 0.526. The van der Waals surface area contributed by atoms with Crippen LogP contribution in [0, 0.1) is 5.41 Å². The number of aliphatic hydroxyl groups excluding tert-OH is 1. The van der Waals surface area contributed by atoms with Crippen molar-refractivity contribution < 1.29 is 9.84 Å². The number of hydrogen-bond acceptors (Lipinski definition) is 4. The molecule has 1 atom stereocenters. The summed E-state index contributed by atoms with van der Waals surface area (Å²) < 4.78 is 5.75. The van der Waals surface area contributed by atoms with Crippen molar-refractivity contribution in [3.8, 4) is 5.75 Å². The van der Waals surface area contributed by atoms with E-state index in [1.54, 1.807) is 12.1 Å². The van der Waals surface area contributed by atoms with Gasteiger partial charge < -0.3 is 15.6 Å². The second-order valence-electron chi connectivity index (χ2n) is 5.48. The molecule has 0 bridgehead atoms. The van der Waals surface area contributed by atoms with Gasteiger partial charge >= 0.3 is 0 Å². The van der Waals surface area contributed by atoms with Gasteiger partial charge in [-0.15, -0.1) is 0 Å². The van der Waals surface area contributed by atoms with Gasteiger partial charge in [-0.05, 0) is 50.1 Å². The molecule has 1 aromatic rings. The number of aliphatic hydroxyl groups is 1. The number of hydrogen-bond donors (Lipinski definition) is 3. The Morgan fingerprint density at radius 3 is 2.76 bits per heavy atom. The van der Waals surface area contributed by atoms with Crippen LogP contribution in [-0.2, 0) is 0 Å². The van der Waals surface area contributed by atoms with Crippen molar-refractivity contribution in [2.45, 2.75) is 31.7 Å². The van der Waals surface area contributed by atoms with Gasteiger partial charge in [-0.25, -0.2) is 0 Å². The predicted octanol–water partition coefficient (Wildman–Crippen LogP) is 1.59. The molecular weight excluding hydrogens is 266 g/mol. The average molecular weight is 291 g/mol. The van der Waals surface area contributed by atoms with Crippen molar-refractivity contribution in [1.29, 1.82) is 5.41 Å². The number of nitrogens with two attached hydrogens (primary N) is 1. The molecule has 1 aliphatic heterocycles. The summed E-state index contributed by atoms with van der Waals surface area (Å²) in [7, 11) is 0. The minimum atomic E-state index is 0.0710. The number of amidine groups is 1. The SMILES string of the molecule is N=C(N)c1ccc(OCCN2CCCCC2CCO)cc1. The van der Waals surface area contributed by atoms with Gasteiger partial charge in [0.05, 0.1) is 0 Å². The molecule has 2 rings (SSSR count). The summed E-state index contributed by atoms with van der Waals surface area (Å²) >= 11 is 0. The fourth-order valence-electron chi connectivity index (χ4n) is 2.84. The van der Waals surface area contributed by atoms with Crippen LogP contribution in [0.25, 0.3) is 0 Å². The Kier molecular flexibility index (Phi) is 6.02. The number of nitrogens with one attached hydrogen (secondary N) is 1. The van der Waals surface area contributed by atoms with Crippen LogP contribution in [0.4, 0.5) is 0 Å². The smallest absolute Gasteiger partial charge is 0.122 e. The fraction of sp³-hybridized carbons (Fsp3) is 0.562. The first-order chi connectivity index (χ1) is 10.2. The first-order valence-electron chi connectivity index (χ1n) is 7.63. The highest BCUT2D eigenvalue weighted by Gasteiger charge is 2.21.